The molecule has 8 nitrogen and oxygen atoms in total. The van der Waals surface area contributed by atoms with Gasteiger partial charge in [-0.05, 0) is 41.7 Å². The SMILES string of the molecule is COC(=O)N1CCN(Cc2ccc(C)c(-c3ccc4c(n3)n(C)c(=O)n4CC(C)(C)C)c2)CC1. The third kappa shape index (κ3) is 4.87. The van der Waals surface area contributed by atoms with E-state index < -0.39 is 0 Å². The van der Waals surface area contributed by atoms with Gasteiger partial charge in [0, 0.05) is 51.9 Å². The van der Waals surface area contributed by atoms with E-state index in [4.69, 9.17) is 9.72 Å². The minimum absolute atomic E-state index is 0.00988. The van der Waals surface area contributed by atoms with Crippen molar-refractivity contribution < 1.29 is 9.53 Å². The predicted octanol–water partition coefficient (Wildman–Crippen LogP) is 3.64. The second kappa shape index (κ2) is 9.25. The fraction of sp³-hybridized carbons (Fsp3) is 0.500. The Kier molecular flexibility index (Phi) is 6.53. The normalized spacial score (nSPS) is 15.2. The number of rotatable bonds is 4. The average molecular weight is 466 g/mol. The number of benzene rings is 1. The van der Waals surface area contributed by atoms with Crippen LogP contribution in [0.1, 0.15) is 31.9 Å². The molecule has 2 aromatic heterocycles. The molecule has 3 heterocycles. The van der Waals surface area contributed by atoms with Crippen LogP contribution in [0.15, 0.2) is 35.1 Å². The Morgan fingerprint density at radius 3 is 2.44 bits per heavy atom. The number of methoxy groups -OCH3 is 1. The molecule has 34 heavy (non-hydrogen) atoms. The summed E-state index contributed by atoms with van der Waals surface area (Å²) in [5.41, 5.74) is 5.81. The van der Waals surface area contributed by atoms with Crippen LogP contribution >= 0.6 is 0 Å². The summed E-state index contributed by atoms with van der Waals surface area (Å²) >= 11 is 0. The Morgan fingerprint density at radius 1 is 1.09 bits per heavy atom. The van der Waals surface area contributed by atoms with E-state index in [-0.39, 0.29) is 17.2 Å². The second-order valence-electron chi connectivity index (χ2n) is 10.4. The van der Waals surface area contributed by atoms with Crippen molar-refractivity contribution in [2.45, 2.75) is 40.8 Å². The molecule has 1 amide bonds. The van der Waals surface area contributed by atoms with Crippen LogP contribution in [0.5, 0.6) is 0 Å². The first-order valence-electron chi connectivity index (χ1n) is 11.8. The summed E-state index contributed by atoms with van der Waals surface area (Å²) in [5, 5.41) is 0. The average Bonchev–Trinajstić information content (AvgIpc) is 3.03. The molecule has 8 heteroatoms. The van der Waals surface area contributed by atoms with Crippen molar-refractivity contribution in [1.29, 1.82) is 0 Å². The minimum Gasteiger partial charge on any atom is -0.453 e. The molecule has 0 spiro atoms. The lowest BCUT2D eigenvalue weighted by Crippen LogP contribution is -2.48. The van der Waals surface area contributed by atoms with Crippen LogP contribution in [0.3, 0.4) is 0 Å². The zero-order valence-electron chi connectivity index (χ0n) is 21.1. The van der Waals surface area contributed by atoms with Gasteiger partial charge in [-0.3, -0.25) is 14.0 Å². The molecule has 1 fully saturated rings. The Bertz CT molecular complexity index is 1260. The zero-order valence-corrected chi connectivity index (χ0v) is 21.1. The molecular weight excluding hydrogens is 430 g/mol. The van der Waals surface area contributed by atoms with Gasteiger partial charge in [0.25, 0.3) is 0 Å². The van der Waals surface area contributed by atoms with Crippen LogP contribution in [0.4, 0.5) is 4.79 Å². The highest BCUT2D eigenvalue weighted by molar-refractivity contribution is 5.77. The highest BCUT2D eigenvalue weighted by Crippen LogP contribution is 2.27. The van der Waals surface area contributed by atoms with Crippen molar-refractivity contribution in [2.24, 2.45) is 12.5 Å². The predicted molar refractivity (Wildman–Crippen MR) is 134 cm³/mol. The van der Waals surface area contributed by atoms with Gasteiger partial charge in [-0.15, -0.1) is 0 Å². The summed E-state index contributed by atoms with van der Waals surface area (Å²) in [4.78, 5) is 33.6. The summed E-state index contributed by atoms with van der Waals surface area (Å²) < 4.78 is 8.30. The minimum atomic E-state index is -0.260. The summed E-state index contributed by atoms with van der Waals surface area (Å²) in [7, 11) is 3.21. The third-order valence-electron chi connectivity index (χ3n) is 6.40. The van der Waals surface area contributed by atoms with Crippen LogP contribution in [-0.4, -0.2) is 63.3 Å². The number of imidazole rings is 1. The molecule has 0 saturated carbocycles. The fourth-order valence-electron chi connectivity index (χ4n) is 4.57. The largest absolute Gasteiger partial charge is 0.453 e. The Morgan fingerprint density at radius 2 is 1.79 bits per heavy atom. The number of piperazine rings is 1. The molecule has 0 aliphatic carbocycles. The summed E-state index contributed by atoms with van der Waals surface area (Å²) in [6.07, 6.45) is -0.260. The fourth-order valence-corrected chi connectivity index (χ4v) is 4.57. The van der Waals surface area contributed by atoms with Crippen LogP contribution in [0, 0.1) is 12.3 Å². The van der Waals surface area contributed by atoms with Gasteiger partial charge >= 0.3 is 11.8 Å². The molecule has 1 aliphatic rings. The number of pyridine rings is 1. The zero-order chi connectivity index (χ0) is 24.6. The molecule has 3 aromatic rings. The van der Waals surface area contributed by atoms with Crippen molar-refractivity contribution in [3.05, 3.63) is 51.9 Å². The van der Waals surface area contributed by atoms with Gasteiger partial charge < -0.3 is 9.64 Å². The molecule has 0 atom stereocenters. The van der Waals surface area contributed by atoms with E-state index in [2.05, 4.69) is 50.8 Å². The van der Waals surface area contributed by atoms with Crippen LogP contribution < -0.4 is 5.69 Å². The van der Waals surface area contributed by atoms with E-state index in [0.717, 1.165) is 42.0 Å². The Labute approximate surface area is 200 Å². The highest BCUT2D eigenvalue weighted by Gasteiger charge is 2.22. The van der Waals surface area contributed by atoms with Gasteiger partial charge in [0.1, 0.15) is 0 Å². The topological polar surface area (TPSA) is 72.6 Å². The monoisotopic (exact) mass is 465 g/mol. The van der Waals surface area contributed by atoms with Crippen LogP contribution in [0.2, 0.25) is 0 Å². The van der Waals surface area contributed by atoms with E-state index in [9.17, 15) is 9.59 Å². The maximum absolute atomic E-state index is 12.9. The number of carbonyl (C=O) groups is 1. The molecule has 0 unspecified atom stereocenters. The lowest BCUT2D eigenvalue weighted by atomic mass is 9.97. The number of fused-ring (bicyclic) bond motifs is 1. The molecule has 0 bridgehead atoms. The molecular formula is C26H35N5O3. The third-order valence-corrected chi connectivity index (χ3v) is 6.40. The van der Waals surface area contributed by atoms with Crippen LogP contribution in [-0.2, 0) is 24.9 Å². The molecule has 0 N–H and O–H groups in total. The second-order valence-corrected chi connectivity index (χ2v) is 10.4. The molecule has 1 saturated heterocycles. The number of nitrogens with zero attached hydrogens (tertiary/aromatic N) is 5. The number of hydrogen-bond acceptors (Lipinski definition) is 5. The number of aryl methyl sites for hydroxylation is 2. The number of amides is 1. The van der Waals surface area contributed by atoms with E-state index in [1.165, 1.54) is 12.7 Å². The van der Waals surface area contributed by atoms with Gasteiger partial charge in [0.15, 0.2) is 5.65 Å². The van der Waals surface area contributed by atoms with E-state index >= 15 is 0 Å². The molecule has 1 aromatic carbocycles. The molecule has 182 valence electrons. The number of aromatic nitrogens is 3. The standard InChI is InChI=1S/C26H35N5O3/c1-18-7-8-19(16-29-11-13-30(14-12-29)25(33)34-6)15-20(18)21-9-10-22-23(27-21)28(5)24(32)31(22)17-26(2,3)4/h7-10,15H,11-14,16-17H2,1-6H3. The number of hydrogen-bond donors (Lipinski definition) is 0. The van der Waals surface area contributed by atoms with E-state index in [1.807, 2.05) is 16.7 Å². The van der Waals surface area contributed by atoms with Crippen molar-refractivity contribution in [3.63, 3.8) is 0 Å². The van der Waals surface area contributed by atoms with Crippen molar-refractivity contribution in [1.82, 2.24) is 23.9 Å². The maximum Gasteiger partial charge on any atom is 0.409 e. The lowest BCUT2D eigenvalue weighted by Gasteiger charge is -2.33. The number of ether oxygens (including phenoxy) is 1. The number of carbonyl (C=O) groups excluding carboxylic acids is 1. The van der Waals surface area contributed by atoms with Gasteiger partial charge in [-0.1, -0.05) is 32.9 Å². The summed E-state index contributed by atoms with van der Waals surface area (Å²) in [5.74, 6) is 0. The Hall–Kier alpha value is -3.13. The van der Waals surface area contributed by atoms with Crippen molar-refractivity contribution in [2.75, 3.05) is 33.3 Å². The smallest absolute Gasteiger partial charge is 0.409 e. The van der Waals surface area contributed by atoms with E-state index in [1.54, 1.807) is 16.5 Å². The highest BCUT2D eigenvalue weighted by atomic mass is 16.5. The summed E-state index contributed by atoms with van der Waals surface area (Å²) in [6, 6.07) is 10.5. The van der Waals surface area contributed by atoms with Gasteiger partial charge in [-0.25, -0.2) is 14.6 Å². The van der Waals surface area contributed by atoms with Gasteiger partial charge in [-0.2, -0.15) is 0 Å². The molecule has 1 aliphatic heterocycles. The van der Waals surface area contributed by atoms with Crippen molar-refractivity contribution >= 4 is 17.3 Å². The summed E-state index contributed by atoms with van der Waals surface area (Å²) in [6.45, 7) is 12.9. The Balaban J connectivity index is 1.59. The maximum atomic E-state index is 12.9. The van der Waals surface area contributed by atoms with Gasteiger partial charge in [0.2, 0.25) is 0 Å². The first kappa shape index (κ1) is 24.0. The molecule has 0 radical (unpaired) electrons. The lowest BCUT2D eigenvalue weighted by molar-refractivity contribution is 0.0889. The molecule has 4 rings (SSSR count). The van der Waals surface area contributed by atoms with Crippen molar-refractivity contribution in [3.8, 4) is 11.3 Å². The quantitative estimate of drug-likeness (QED) is 0.588. The van der Waals surface area contributed by atoms with Crippen LogP contribution in [0.25, 0.3) is 22.4 Å². The first-order valence-corrected chi connectivity index (χ1v) is 11.8. The van der Waals surface area contributed by atoms with E-state index in [0.29, 0.717) is 25.3 Å². The van der Waals surface area contributed by atoms with Gasteiger partial charge in [0.05, 0.1) is 18.3 Å². The first-order chi connectivity index (χ1) is 16.1.